The number of ether oxygens (including phenoxy) is 1. The molecule has 4 heteroatoms. The van der Waals surface area contributed by atoms with Crippen LogP contribution in [0.3, 0.4) is 0 Å². The molecule has 1 aliphatic carbocycles. The molecule has 1 fully saturated rings. The first kappa shape index (κ1) is 16.4. The second-order valence-electron chi connectivity index (χ2n) is 5.96. The molecule has 0 amide bonds. The highest BCUT2D eigenvalue weighted by Gasteiger charge is 2.41. The maximum Gasteiger partial charge on any atom is 0.126 e. The summed E-state index contributed by atoms with van der Waals surface area (Å²) in [5, 5.41) is 3.52. The van der Waals surface area contributed by atoms with Crippen molar-refractivity contribution in [2.24, 2.45) is 0 Å². The lowest BCUT2D eigenvalue weighted by Crippen LogP contribution is -2.52. The van der Waals surface area contributed by atoms with Crippen LogP contribution in [0.25, 0.3) is 0 Å². The van der Waals surface area contributed by atoms with E-state index in [1.165, 1.54) is 12.1 Å². The summed E-state index contributed by atoms with van der Waals surface area (Å²) in [7, 11) is 1.75. The van der Waals surface area contributed by atoms with Gasteiger partial charge in [0.2, 0.25) is 0 Å². The van der Waals surface area contributed by atoms with Gasteiger partial charge >= 0.3 is 0 Å². The number of rotatable bonds is 7. The zero-order valence-electron chi connectivity index (χ0n) is 12.9. The summed E-state index contributed by atoms with van der Waals surface area (Å²) in [6.45, 7) is 2.99. The lowest BCUT2D eigenvalue weighted by atomic mass is 9.87. The van der Waals surface area contributed by atoms with E-state index in [4.69, 9.17) is 4.74 Å². The van der Waals surface area contributed by atoms with Crippen LogP contribution in [0.4, 0.5) is 8.78 Å². The normalized spacial score (nSPS) is 18.9. The van der Waals surface area contributed by atoms with Gasteiger partial charge in [-0.1, -0.05) is 19.8 Å². The van der Waals surface area contributed by atoms with Gasteiger partial charge in [0.25, 0.3) is 0 Å². The molecule has 1 atom stereocenters. The summed E-state index contributed by atoms with van der Waals surface area (Å²) in [5.74, 6) is -1.03. The number of benzene rings is 1. The fourth-order valence-electron chi connectivity index (χ4n) is 3.40. The Hall–Kier alpha value is -1.00. The van der Waals surface area contributed by atoms with Gasteiger partial charge in [-0.25, -0.2) is 8.78 Å². The highest BCUT2D eigenvalue weighted by atomic mass is 19.1. The summed E-state index contributed by atoms with van der Waals surface area (Å²) in [6.07, 6.45) is 5.91. The van der Waals surface area contributed by atoms with E-state index in [1.807, 2.05) is 0 Å². The summed E-state index contributed by atoms with van der Waals surface area (Å²) in [4.78, 5) is 0. The lowest BCUT2D eigenvalue weighted by Gasteiger charge is -2.37. The van der Waals surface area contributed by atoms with Crippen molar-refractivity contribution in [2.75, 3.05) is 13.7 Å². The van der Waals surface area contributed by atoms with E-state index in [0.717, 1.165) is 44.7 Å². The van der Waals surface area contributed by atoms with Gasteiger partial charge in [-0.3, -0.25) is 0 Å². The average molecular weight is 297 g/mol. The molecule has 1 aromatic carbocycles. The molecule has 1 N–H and O–H groups in total. The van der Waals surface area contributed by atoms with Crippen molar-refractivity contribution in [1.29, 1.82) is 0 Å². The number of hydrogen-bond donors (Lipinski definition) is 1. The van der Waals surface area contributed by atoms with Gasteiger partial charge in [0.05, 0.1) is 5.60 Å². The molecular formula is C17H25F2NO. The van der Waals surface area contributed by atoms with Crippen LogP contribution >= 0.6 is 0 Å². The number of halogens is 2. The highest BCUT2D eigenvalue weighted by molar-refractivity contribution is 5.20. The monoisotopic (exact) mass is 297 g/mol. The standard InChI is InChI=1S/C17H25F2NO/c1-3-8-20-16(17(21-2)6-4-5-7-17)11-13-9-14(18)12-15(19)10-13/h9-10,12,16,20H,3-8,11H2,1-2H3. The van der Waals surface area contributed by atoms with Crippen LogP contribution in [0.1, 0.15) is 44.6 Å². The van der Waals surface area contributed by atoms with E-state index in [0.29, 0.717) is 12.0 Å². The number of hydrogen-bond acceptors (Lipinski definition) is 2. The Bertz CT molecular complexity index is 438. The van der Waals surface area contributed by atoms with Crippen LogP contribution in [0.15, 0.2) is 18.2 Å². The molecule has 0 bridgehead atoms. The lowest BCUT2D eigenvalue weighted by molar-refractivity contribution is -0.0355. The van der Waals surface area contributed by atoms with E-state index in [1.54, 1.807) is 7.11 Å². The van der Waals surface area contributed by atoms with Crippen molar-refractivity contribution in [3.8, 4) is 0 Å². The Labute approximate surface area is 125 Å². The van der Waals surface area contributed by atoms with Crippen LogP contribution in [0.5, 0.6) is 0 Å². The molecule has 2 rings (SSSR count). The van der Waals surface area contributed by atoms with Crippen LogP contribution in [0, 0.1) is 11.6 Å². The molecule has 1 unspecified atom stereocenters. The van der Waals surface area contributed by atoms with Crippen LogP contribution in [-0.4, -0.2) is 25.3 Å². The van der Waals surface area contributed by atoms with Gasteiger partial charge in [0.1, 0.15) is 11.6 Å². The van der Waals surface area contributed by atoms with E-state index in [2.05, 4.69) is 12.2 Å². The zero-order chi connectivity index (χ0) is 15.3. The first-order valence-electron chi connectivity index (χ1n) is 7.83. The Morgan fingerprint density at radius 3 is 2.33 bits per heavy atom. The summed E-state index contributed by atoms with van der Waals surface area (Å²) in [6, 6.07) is 3.84. The summed E-state index contributed by atoms with van der Waals surface area (Å²) >= 11 is 0. The highest BCUT2D eigenvalue weighted by Crippen LogP contribution is 2.37. The Morgan fingerprint density at radius 1 is 1.19 bits per heavy atom. The van der Waals surface area contributed by atoms with Crippen LogP contribution in [-0.2, 0) is 11.2 Å². The fourth-order valence-corrected chi connectivity index (χ4v) is 3.40. The van der Waals surface area contributed by atoms with Gasteiger partial charge in [-0.2, -0.15) is 0 Å². The van der Waals surface area contributed by atoms with E-state index in [9.17, 15) is 8.78 Å². The smallest absolute Gasteiger partial charge is 0.126 e. The predicted molar refractivity (Wildman–Crippen MR) is 80.4 cm³/mol. The molecule has 0 spiro atoms. The minimum absolute atomic E-state index is 0.0890. The Kier molecular flexibility index (Phi) is 5.71. The molecular weight excluding hydrogens is 272 g/mol. The average Bonchev–Trinajstić information content (AvgIpc) is 2.92. The molecule has 0 saturated heterocycles. The summed E-state index contributed by atoms with van der Waals surface area (Å²) in [5.41, 5.74) is 0.474. The SMILES string of the molecule is CCCNC(Cc1cc(F)cc(F)c1)C1(OC)CCCC1. The molecule has 0 heterocycles. The topological polar surface area (TPSA) is 21.3 Å². The molecule has 0 aliphatic heterocycles. The Morgan fingerprint density at radius 2 is 1.81 bits per heavy atom. The molecule has 1 saturated carbocycles. The first-order valence-corrected chi connectivity index (χ1v) is 7.83. The van der Waals surface area contributed by atoms with Crippen molar-refractivity contribution in [3.05, 3.63) is 35.4 Å². The van der Waals surface area contributed by atoms with Gasteiger partial charge in [-0.05, 0) is 49.9 Å². The second-order valence-corrected chi connectivity index (χ2v) is 5.96. The maximum atomic E-state index is 13.4. The van der Waals surface area contributed by atoms with Crippen molar-refractivity contribution >= 4 is 0 Å². The first-order chi connectivity index (χ1) is 10.1. The van der Waals surface area contributed by atoms with Crippen LogP contribution < -0.4 is 5.32 Å². The molecule has 0 radical (unpaired) electrons. The van der Waals surface area contributed by atoms with Gasteiger partial charge in [0, 0.05) is 19.2 Å². The predicted octanol–water partition coefficient (Wildman–Crippen LogP) is 3.83. The van der Waals surface area contributed by atoms with E-state index in [-0.39, 0.29) is 11.6 Å². The molecule has 118 valence electrons. The van der Waals surface area contributed by atoms with Crippen molar-refractivity contribution in [2.45, 2.75) is 57.1 Å². The van der Waals surface area contributed by atoms with Gasteiger partial charge < -0.3 is 10.1 Å². The molecule has 21 heavy (non-hydrogen) atoms. The van der Waals surface area contributed by atoms with Crippen molar-refractivity contribution < 1.29 is 13.5 Å². The second kappa shape index (κ2) is 7.32. The minimum atomic E-state index is -0.517. The van der Waals surface area contributed by atoms with E-state index < -0.39 is 11.6 Å². The maximum absolute atomic E-state index is 13.4. The van der Waals surface area contributed by atoms with Crippen molar-refractivity contribution in [1.82, 2.24) is 5.32 Å². The van der Waals surface area contributed by atoms with E-state index >= 15 is 0 Å². The van der Waals surface area contributed by atoms with Crippen molar-refractivity contribution in [3.63, 3.8) is 0 Å². The third-order valence-corrected chi connectivity index (χ3v) is 4.49. The number of nitrogens with one attached hydrogen (secondary N) is 1. The molecule has 0 aromatic heterocycles. The zero-order valence-corrected chi connectivity index (χ0v) is 12.9. The van der Waals surface area contributed by atoms with Crippen LogP contribution in [0.2, 0.25) is 0 Å². The minimum Gasteiger partial charge on any atom is -0.377 e. The fraction of sp³-hybridized carbons (Fsp3) is 0.647. The molecule has 1 aromatic rings. The third kappa shape index (κ3) is 4.01. The third-order valence-electron chi connectivity index (χ3n) is 4.49. The number of methoxy groups -OCH3 is 1. The Balaban J connectivity index is 2.19. The molecule has 2 nitrogen and oxygen atoms in total. The van der Waals surface area contributed by atoms with Gasteiger partial charge in [0.15, 0.2) is 0 Å². The quantitative estimate of drug-likeness (QED) is 0.826. The molecule has 1 aliphatic rings. The van der Waals surface area contributed by atoms with Gasteiger partial charge in [-0.15, -0.1) is 0 Å². The summed E-state index contributed by atoms with van der Waals surface area (Å²) < 4.78 is 32.6. The largest absolute Gasteiger partial charge is 0.377 e.